The molecule has 100 valence electrons. The highest BCUT2D eigenvalue weighted by Gasteiger charge is 2.15. The number of nitrogens with two attached hydrogens (primary N) is 1. The van der Waals surface area contributed by atoms with Crippen LogP contribution in [0.1, 0.15) is 17.2 Å². The van der Waals surface area contributed by atoms with Crippen LogP contribution >= 0.6 is 0 Å². The standard InChI is InChI=1S/C15H17FN2O/c1-18-12-5-3-4-10(8-12)15(17)13-9-11(16)6-7-14(13)19-2/h3-9,15,18H,17H2,1-2H3. The summed E-state index contributed by atoms with van der Waals surface area (Å²) in [5.74, 6) is 0.264. The first kappa shape index (κ1) is 13.4. The van der Waals surface area contributed by atoms with Gasteiger partial charge in [-0.3, -0.25) is 0 Å². The second-order valence-electron chi connectivity index (χ2n) is 4.24. The minimum absolute atomic E-state index is 0.323. The number of hydrogen-bond donors (Lipinski definition) is 2. The molecule has 0 saturated carbocycles. The van der Waals surface area contributed by atoms with Crippen LogP contribution in [-0.4, -0.2) is 14.2 Å². The summed E-state index contributed by atoms with van der Waals surface area (Å²) in [6, 6.07) is 11.6. The van der Waals surface area contributed by atoms with Crippen LogP contribution in [0.25, 0.3) is 0 Å². The molecule has 0 heterocycles. The SMILES string of the molecule is CNc1cccc(C(N)c2cc(F)ccc2OC)c1. The summed E-state index contributed by atoms with van der Waals surface area (Å²) in [5.41, 5.74) is 8.71. The number of ether oxygens (including phenoxy) is 1. The highest BCUT2D eigenvalue weighted by Crippen LogP contribution is 2.29. The molecule has 19 heavy (non-hydrogen) atoms. The Morgan fingerprint density at radius 3 is 2.68 bits per heavy atom. The van der Waals surface area contributed by atoms with Crippen LogP contribution < -0.4 is 15.8 Å². The molecule has 2 aromatic rings. The van der Waals surface area contributed by atoms with Crippen molar-refractivity contribution >= 4 is 5.69 Å². The maximum Gasteiger partial charge on any atom is 0.124 e. The van der Waals surface area contributed by atoms with E-state index in [1.54, 1.807) is 13.2 Å². The van der Waals surface area contributed by atoms with Gasteiger partial charge in [0.15, 0.2) is 0 Å². The third-order valence-corrected chi connectivity index (χ3v) is 3.06. The molecule has 2 aromatic carbocycles. The van der Waals surface area contributed by atoms with E-state index in [1.165, 1.54) is 12.1 Å². The molecule has 0 aliphatic carbocycles. The van der Waals surface area contributed by atoms with Crippen molar-refractivity contribution in [1.82, 2.24) is 0 Å². The third kappa shape index (κ3) is 2.85. The maximum atomic E-state index is 13.4. The molecule has 0 fully saturated rings. The van der Waals surface area contributed by atoms with Crippen molar-refractivity contribution < 1.29 is 9.13 Å². The molecule has 2 rings (SSSR count). The highest BCUT2D eigenvalue weighted by atomic mass is 19.1. The lowest BCUT2D eigenvalue weighted by atomic mass is 9.98. The van der Waals surface area contributed by atoms with Crippen LogP contribution in [0.4, 0.5) is 10.1 Å². The van der Waals surface area contributed by atoms with Gasteiger partial charge in [-0.05, 0) is 35.9 Å². The number of methoxy groups -OCH3 is 1. The van der Waals surface area contributed by atoms with Gasteiger partial charge in [0.05, 0.1) is 13.2 Å². The zero-order chi connectivity index (χ0) is 13.8. The molecule has 0 saturated heterocycles. The molecule has 0 amide bonds. The normalized spacial score (nSPS) is 12.0. The van der Waals surface area contributed by atoms with Crippen molar-refractivity contribution in [3.05, 3.63) is 59.4 Å². The summed E-state index contributed by atoms with van der Waals surface area (Å²) in [7, 11) is 3.39. The van der Waals surface area contributed by atoms with Gasteiger partial charge in [-0.2, -0.15) is 0 Å². The zero-order valence-electron chi connectivity index (χ0n) is 11.0. The predicted molar refractivity (Wildman–Crippen MR) is 75.0 cm³/mol. The molecule has 4 heteroatoms. The molecule has 0 aliphatic heterocycles. The van der Waals surface area contributed by atoms with Gasteiger partial charge in [0.1, 0.15) is 11.6 Å². The summed E-state index contributed by atoms with van der Waals surface area (Å²) in [4.78, 5) is 0. The Morgan fingerprint density at radius 2 is 2.00 bits per heavy atom. The van der Waals surface area contributed by atoms with Crippen LogP contribution in [-0.2, 0) is 0 Å². The summed E-state index contributed by atoms with van der Waals surface area (Å²) in [5, 5.41) is 3.05. The van der Waals surface area contributed by atoms with Crippen LogP contribution in [0, 0.1) is 5.82 Å². The van der Waals surface area contributed by atoms with Crippen LogP contribution in [0.15, 0.2) is 42.5 Å². The van der Waals surface area contributed by atoms with Crippen molar-refractivity contribution in [3.63, 3.8) is 0 Å². The van der Waals surface area contributed by atoms with E-state index in [-0.39, 0.29) is 5.82 Å². The average Bonchev–Trinajstić information content (AvgIpc) is 2.46. The maximum absolute atomic E-state index is 13.4. The number of rotatable bonds is 4. The van der Waals surface area contributed by atoms with E-state index in [2.05, 4.69) is 5.32 Å². The Labute approximate surface area is 112 Å². The minimum atomic E-state index is -0.432. The minimum Gasteiger partial charge on any atom is -0.496 e. The van der Waals surface area contributed by atoms with E-state index in [0.717, 1.165) is 11.3 Å². The van der Waals surface area contributed by atoms with Gasteiger partial charge in [0.25, 0.3) is 0 Å². The summed E-state index contributed by atoms with van der Waals surface area (Å²) in [6.45, 7) is 0. The van der Waals surface area contributed by atoms with Crippen molar-refractivity contribution in [2.45, 2.75) is 6.04 Å². The lowest BCUT2D eigenvalue weighted by Crippen LogP contribution is -2.13. The number of anilines is 1. The number of halogens is 1. The molecule has 1 atom stereocenters. The van der Waals surface area contributed by atoms with Gasteiger partial charge in [-0.25, -0.2) is 4.39 Å². The molecule has 1 unspecified atom stereocenters. The number of nitrogens with one attached hydrogen (secondary N) is 1. The fraction of sp³-hybridized carbons (Fsp3) is 0.200. The summed E-state index contributed by atoms with van der Waals surface area (Å²) in [6.07, 6.45) is 0. The average molecular weight is 260 g/mol. The van der Waals surface area contributed by atoms with Crippen LogP contribution in [0.2, 0.25) is 0 Å². The second-order valence-corrected chi connectivity index (χ2v) is 4.24. The molecular formula is C15H17FN2O. The Bertz CT molecular complexity index is 572. The fourth-order valence-corrected chi connectivity index (χ4v) is 2.02. The van der Waals surface area contributed by atoms with Crippen molar-refractivity contribution in [2.75, 3.05) is 19.5 Å². The second kappa shape index (κ2) is 5.71. The van der Waals surface area contributed by atoms with Gasteiger partial charge < -0.3 is 15.8 Å². The first-order chi connectivity index (χ1) is 9.15. The first-order valence-electron chi connectivity index (χ1n) is 6.02. The fourth-order valence-electron chi connectivity index (χ4n) is 2.02. The lowest BCUT2D eigenvalue weighted by molar-refractivity contribution is 0.406. The lowest BCUT2D eigenvalue weighted by Gasteiger charge is -2.17. The molecule has 0 bridgehead atoms. The quantitative estimate of drug-likeness (QED) is 0.888. The van der Waals surface area contributed by atoms with E-state index in [1.807, 2.05) is 31.3 Å². The van der Waals surface area contributed by atoms with Gasteiger partial charge >= 0.3 is 0 Å². The number of hydrogen-bond acceptors (Lipinski definition) is 3. The van der Waals surface area contributed by atoms with Crippen LogP contribution in [0.5, 0.6) is 5.75 Å². The molecule has 0 aromatic heterocycles. The van der Waals surface area contributed by atoms with E-state index in [4.69, 9.17) is 10.5 Å². The third-order valence-electron chi connectivity index (χ3n) is 3.06. The topological polar surface area (TPSA) is 47.3 Å². The van der Waals surface area contributed by atoms with Gasteiger partial charge in [0.2, 0.25) is 0 Å². The highest BCUT2D eigenvalue weighted by molar-refractivity contribution is 5.49. The van der Waals surface area contributed by atoms with E-state index >= 15 is 0 Å². The Kier molecular flexibility index (Phi) is 4.02. The van der Waals surface area contributed by atoms with Gasteiger partial charge in [-0.15, -0.1) is 0 Å². The van der Waals surface area contributed by atoms with Gasteiger partial charge in [-0.1, -0.05) is 12.1 Å². The number of benzene rings is 2. The Hall–Kier alpha value is -2.07. The monoisotopic (exact) mass is 260 g/mol. The zero-order valence-corrected chi connectivity index (χ0v) is 11.0. The predicted octanol–water partition coefficient (Wildman–Crippen LogP) is 2.92. The van der Waals surface area contributed by atoms with Gasteiger partial charge in [0, 0.05) is 18.3 Å². The van der Waals surface area contributed by atoms with Crippen LogP contribution in [0.3, 0.4) is 0 Å². The molecule has 3 N–H and O–H groups in total. The largest absolute Gasteiger partial charge is 0.496 e. The smallest absolute Gasteiger partial charge is 0.124 e. The molecule has 0 aliphatic rings. The Balaban J connectivity index is 2.42. The summed E-state index contributed by atoms with van der Waals surface area (Å²) < 4.78 is 18.6. The van der Waals surface area contributed by atoms with E-state index in [0.29, 0.717) is 11.3 Å². The Morgan fingerprint density at radius 1 is 1.21 bits per heavy atom. The van der Waals surface area contributed by atoms with E-state index in [9.17, 15) is 4.39 Å². The molecular weight excluding hydrogens is 243 g/mol. The molecule has 0 spiro atoms. The van der Waals surface area contributed by atoms with Crippen molar-refractivity contribution in [1.29, 1.82) is 0 Å². The molecule has 0 radical (unpaired) electrons. The van der Waals surface area contributed by atoms with Crippen molar-refractivity contribution in [3.8, 4) is 5.75 Å². The summed E-state index contributed by atoms with van der Waals surface area (Å²) >= 11 is 0. The first-order valence-corrected chi connectivity index (χ1v) is 6.02. The molecule has 3 nitrogen and oxygen atoms in total. The van der Waals surface area contributed by atoms with E-state index < -0.39 is 6.04 Å². The van der Waals surface area contributed by atoms with Crippen molar-refractivity contribution in [2.24, 2.45) is 5.73 Å².